The van der Waals surface area contributed by atoms with Crippen LogP contribution in [0.1, 0.15) is 0 Å². The van der Waals surface area contributed by atoms with E-state index < -0.39 is 0 Å². The van der Waals surface area contributed by atoms with Crippen LogP contribution in [0.2, 0.25) is 0 Å². The van der Waals surface area contributed by atoms with E-state index in [1.165, 1.54) is 12.1 Å². The number of aromatic amines is 1. The van der Waals surface area contributed by atoms with E-state index >= 15 is 0 Å². The van der Waals surface area contributed by atoms with Crippen LogP contribution in [-0.4, -0.2) is 75.4 Å². The molecule has 1 amide bonds. The van der Waals surface area contributed by atoms with Gasteiger partial charge in [0.2, 0.25) is 5.91 Å². The number of likely N-dealkylation sites (N-methyl/N-ethyl adjacent to an activating group) is 1. The molecule has 4 aromatic rings. The third kappa shape index (κ3) is 4.59. The van der Waals surface area contributed by atoms with Gasteiger partial charge in [0.05, 0.1) is 12.2 Å². The number of carbonyl (C=O) groups is 1. The average molecular weight is 446 g/mol. The molecule has 168 valence electrons. The summed E-state index contributed by atoms with van der Waals surface area (Å²) in [5.74, 6) is 0.0692. The third-order valence-corrected chi connectivity index (χ3v) is 5.84. The normalized spacial score (nSPS) is 15.1. The Kier molecular flexibility index (Phi) is 5.80. The van der Waals surface area contributed by atoms with Crippen LogP contribution in [-0.2, 0) is 4.79 Å². The van der Waals surface area contributed by atoms with Gasteiger partial charge in [0.25, 0.3) is 0 Å². The van der Waals surface area contributed by atoms with Crippen LogP contribution in [0.25, 0.3) is 33.5 Å². The molecule has 33 heavy (non-hydrogen) atoms. The van der Waals surface area contributed by atoms with Gasteiger partial charge in [-0.15, -0.1) is 0 Å². The number of aromatic nitrogens is 4. The van der Waals surface area contributed by atoms with Crippen molar-refractivity contribution in [1.29, 1.82) is 0 Å². The van der Waals surface area contributed by atoms with Crippen molar-refractivity contribution in [3.63, 3.8) is 0 Å². The quantitative estimate of drug-likeness (QED) is 0.491. The second kappa shape index (κ2) is 9.05. The van der Waals surface area contributed by atoms with Crippen molar-refractivity contribution in [3.8, 4) is 22.4 Å². The number of pyridine rings is 1. The molecule has 5 rings (SSSR count). The molecule has 0 saturated carbocycles. The van der Waals surface area contributed by atoms with Crippen molar-refractivity contribution < 1.29 is 9.18 Å². The minimum atomic E-state index is -0.305. The monoisotopic (exact) mass is 445 g/mol. The molecule has 9 heteroatoms. The summed E-state index contributed by atoms with van der Waals surface area (Å²) in [6.07, 6.45) is 4.90. The van der Waals surface area contributed by atoms with Gasteiger partial charge in [0.1, 0.15) is 17.2 Å². The molecular weight excluding hydrogens is 421 g/mol. The lowest BCUT2D eigenvalue weighted by Gasteiger charge is -2.31. The van der Waals surface area contributed by atoms with Gasteiger partial charge in [0.15, 0.2) is 5.65 Å². The van der Waals surface area contributed by atoms with E-state index in [0.29, 0.717) is 23.5 Å². The molecule has 0 spiro atoms. The number of piperazine rings is 1. The van der Waals surface area contributed by atoms with E-state index in [0.717, 1.165) is 48.6 Å². The highest BCUT2D eigenvalue weighted by atomic mass is 19.1. The lowest BCUT2D eigenvalue weighted by Crippen LogP contribution is -2.47. The molecule has 3 aromatic heterocycles. The van der Waals surface area contributed by atoms with Crippen LogP contribution in [0.4, 0.5) is 10.2 Å². The minimum absolute atomic E-state index is 0.0945. The van der Waals surface area contributed by atoms with E-state index in [2.05, 4.69) is 42.1 Å². The molecule has 1 saturated heterocycles. The molecule has 1 fully saturated rings. The van der Waals surface area contributed by atoms with Crippen LogP contribution in [0.15, 0.2) is 55.0 Å². The molecule has 1 aliphatic rings. The summed E-state index contributed by atoms with van der Waals surface area (Å²) in [4.78, 5) is 33.5. The molecule has 2 N–H and O–H groups in total. The number of nitrogens with one attached hydrogen (secondary N) is 2. The van der Waals surface area contributed by atoms with Gasteiger partial charge in [-0.2, -0.15) is 0 Å². The molecule has 1 aromatic carbocycles. The lowest BCUT2D eigenvalue weighted by atomic mass is 10.0. The molecule has 0 bridgehead atoms. The maximum absolute atomic E-state index is 13.5. The Bertz CT molecular complexity index is 1280. The highest BCUT2D eigenvalue weighted by molar-refractivity contribution is 6.00. The van der Waals surface area contributed by atoms with Gasteiger partial charge in [-0.3, -0.25) is 14.7 Å². The van der Waals surface area contributed by atoms with E-state index in [1.807, 2.05) is 12.1 Å². The first-order valence-corrected chi connectivity index (χ1v) is 10.8. The Morgan fingerprint density at radius 2 is 1.76 bits per heavy atom. The fraction of sp³-hybridized carbons (Fsp3) is 0.250. The summed E-state index contributed by atoms with van der Waals surface area (Å²) in [6, 6.07) is 9.95. The number of H-pyrrole nitrogens is 1. The highest BCUT2D eigenvalue weighted by Crippen LogP contribution is 2.37. The van der Waals surface area contributed by atoms with Crippen molar-refractivity contribution >= 4 is 22.9 Å². The summed E-state index contributed by atoms with van der Waals surface area (Å²) in [5, 5.41) is 2.91. The number of anilines is 1. The van der Waals surface area contributed by atoms with Gasteiger partial charge in [-0.1, -0.05) is 12.1 Å². The molecule has 0 radical (unpaired) electrons. The number of nitrogens with zero attached hydrogens (tertiary/aromatic N) is 5. The minimum Gasteiger partial charge on any atom is -0.337 e. The number of carbonyl (C=O) groups excluding carboxylic acids is 1. The Labute approximate surface area is 190 Å². The van der Waals surface area contributed by atoms with Crippen molar-refractivity contribution in [2.24, 2.45) is 0 Å². The Hall–Kier alpha value is -3.69. The van der Waals surface area contributed by atoms with Gasteiger partial charge >= 0.3 is 0 Å². The number of halogens is 1. The maximum atomic E-state index is 13.5. The lowest BCUT2D eigenvalue weighted by molar-refractivity contribution is -0.117. The predicted octanol–water partition coefficient (Wildman–Crippen LogP) is 3.01. The molecule has 4 heterocycles. The SMILES string of the molecule is CN1CCN(CC(=O)Nc2cc(-c3[nH]c4nccnc4c3-c3ccc(F)cc3)ccn2)CC1. The molecule has 8 nitrogen and oxygen atoms in total. The number of fused-ring (bicyclic) bond motifs is 1. The van der Waals surface area contributed by atoms with Gasteiger partial charge < -0.3 is 15.2 Å². The van der Waals surface area contributed by atoms with Crippen molar-refractivity contribution in [3.05, 3.63) is 60.8 Å². The summed E-state index contributed by atoms with van der Waals surface area (Å²) < 4.78 is 13.5. The van der Waals surface area contributed by atoms with E-state index in [-0.39, 0.29) is 11.7 Å². The Morgan fingerprint density at radius 1 is 1.00 bits per heavy atom. The van der Waals surface area contributed by atoms with Crippen LogP contribution in [0, 0.1) is 5.82 Å². The maximum Gasteiger partial charge on any atom is 0.239 e. The van der Waals surface area contributed by atoms with Crippen molar-refractivity contribution in [1.82, 2.24) is 29.7 Å². The van der Waals surface area contributed by atoms with E-state index in [4.69, 9.17) is 0 Å². The zero-order valence-corrected chi connectivity index (χ0v) is 18.3. The number of hydrogen-bond acceptors (Lipinski definition) is 6. The first kappa shape index (κ1) is 21.2. The molecule has 0 unspecified atom stereocenters. The van der Waals surface area contributed by atoms with Crippen LogP contribution >= 0.6 is 0 Å². The largest absolute Gasteiger partial charge is 0.337 e. The van der Waals surface area contributed by atoms with Gasteiger partial charge in [-0.05, 0) is 36.9 Å². The number of hydrogen-bond donors (Lipinski definition) is 2. The smallest absolute Gasteiger partial charge is 0.239 e. The van der Waals surface area contributed by atoms with Gasteiger partial charge in [0, 0.05) is 55.9 Å². The average Bonchev–Trinajstić information content (AvgIpc) is 3.21. The fourth-order valence-corrected chi connectivity index (χ4v) is 4.07. The number of amides is 1. The number of rotatable bonds is 5. The Balaban J connectivity index is 1.44. The summed E-state index contributed by atoms with van der Waals surface area (Å²) in [5.41, 5.74) is 4.55. The Morgan fingerprint density at radius 3 is 2.55 bits per heavy atom. The second-order valence-electron chi connectivity index (χ2n) is 8.19. The molecular formula is C24H24FN7O. The van der Waals surface area contributed by atoms with Crippen molar-refractivity contribution in [2.45, 2.75) is 0 Å². The zero-order valence-electron chi connectivity index (χ0n) is 18.3. The van der Waals surface area contributed by atoms with Gasteiger partial charge in [-0.25, -0.2) is 14.4 Å². The second-order valence-corrected chi connectivity index (χ2v) is 8.19. The molecule has 1 aliphatic heterocycles. The molecule has 0 atom stereocenters. The van der Waals surface area contributed by atoms with E-state index in [9.17, 15) is 9.18 Å². The zero-order chi connectivity index (χ0) is 22.8. The first-order chi connectivity index (χ1) is 16.1. The fourth-order valence-electron chi connectivity index (χ4n) is 4.07. The summed E-state index contributed by atoms with van der Waals surface area (Å²) in [6.45, 7) is 3.98. The van der Waals surface area contributed by atoms with Crippen LogP contribution < -0.4 is 5.32 Å². The first-order valence-electron chi connectivity index (χ1n) is 10.8. The van der Waals surface area contributed by atoms with Crippen molar-refractivity contribution in [2.75, 3.05) is 45.1 Å². The highest BCUT2D eigenvalue weighted by Gasteiger charge is 2.19. The summed E-state index contributed by atoms with van der Waals surface area (Å²) in [7, 11) is 2.09. The van der Waals surface area contributed by atoms with Crippen LogP contribution in [0.3, 0.4) is 0 Å². The molecule has 0 aliphatic carbocycles. The van der Waals surface area contributed by atoms with E-state index in [1.54, 1.807) is 30.7 Å². The topological polar surface area (TPSA) is 90.0 Å². The third-order valence-electron chi connectivity index (χ3n) is 5.84. The summed E-state index contributed by atoms with van der Waals surface area (Å²) >= 11 is 0. The van der Waals surface area contributed by atoms with Crippen LogP contribution in [0.5, 0.6) is 0 Å². The standard InChI is InChI=1S/C24H24FN7O/c1-31-10-12-32(13-11-31)15-20(33)29-19-14-17(6-7-26-19)22-21(16-2-4-18(25)5-3-16)23-24(30-22)28-9-8-27-23/h2-9,14H,10-13,15H2,1H3,(H,28,30)(H,26,29,33). The predicted molar refractivity (Wildman–Crippen MR) is 125 cm³/mol. The number of benzene rings is 1.